The summed E-state index contributed by atoms with van der Waals surface area (Å²) in [4.78, 5) is 11.9. The summed E-state index contributed by atoms with van der Waals surface area (Å²) >= 11 is 0. The normalized spacial score (nSPS) is 21.0. The van der Waals surface area contributed by atoms with Crippen LogP contribution < -0.4 is 4.74 Å². The minimum Gasteiger partial charge on any atom is -0.507 e. The summed E-state index contributed by atoms with van der Waals surface area (Å²) in [6.07, 6.45) is 5.24. The summed E-state index contributed by atoms with van der Waals surface area (Å²) in [5.41, 5.74) is 0.296. The van der Waals surface area contributed by atoms with Gasteiger partial charge >= 0.3 is 0 Å². The molecule has 0 saturated heterocycles. The first-order valence-corrected chi connectivity index (χ1v) is 5.50. The SMILES string of the molecule is O=C1C(=CCC2CC2)Oc2cccc(O)c21. The quantitative estimate of drug-likeness (QED) is 0.773. The van der Waals surface area contributed by atoms with Crippen LogP contribution >= 0.6 is 0 Å². The van der Waals surface area contributed by atoms with Crippen LogP contribution in [0.2, 0.25) is 0 Å². The third kappa shape index (κ3) is 1.48. The highest BCUT2D eigenvalue weighted by molar-refractivity contribution is 6.13. The summed E-state index contributed by atoms with van der Waals surface area (Å²) in [7, 11) is 0. The first-order valence-electron chi connectivity index (χ1n) is 5.50. The van der Waals surface area contributed by atoms with E-state index in [0.717, 1.165) is 12.3 Å². The third-order valence-electron chi connectivity index (χ3n) is 3.01. The van der Waals surface area contributed by atoms with Crippen molar-refractivity contribution in [3.05, 3.63) is 35.6 Å². The summed E-state index contributed by atoms with van der Waals surface area (Å²) in [5.74, 6) is 1.35. The van der Waals surface area contributed by atoms with Crippen molar-refractivity contribution in [1.82, 2.24) is 0 Å². The summed E-state index contributed by atoms with van der Waals surface area (Å²) in [6, 6.07) is 4.88. The number of hydrogen-bond donors (Lipinski definition) is 1. The number of carbonyl (C=O) groups excluding carboxylic acids is 1. The standard InChI is InChI=1S/C13H12O3/c14-9-2-1-3-10-12(9)13(15)11(16-10)7-6-8-4-5-8/h1-3,7-8,14H,4-6H2. The number of carbonyl (C=O) groups is 1. The van der Waals surface area contributed by atoms with Crippen LogP contribution in [0.3, 0.4) is 0 Å². The molecule has 0 bridgehead atoms. The molecule has 0 unspecified atom stereocenters. The maximum Gasteiger partial charge on any atom is 0.235 e. The molecule has 1 fully saturated rings. The van der Waals surface area contributed by atoms with Gasteiger partial charge in [0.05, 0.1) is 0 Å². The van der Waals surface area contributed by atoms with E-state index >= 15 is 0 Å². The predicted octanol–water partition coefficient (Wildman–Crippen LogP) is 2.65. The van der Waals surface area contributed by atoms with E-state index < -0.39 is 0 Å². The van der Waals surface area contributed by atoms with Crippen LogP contribution in [0.15, 0.2) is 30.0 Å². The van der Waals surface area contributed by atoms with E-state index in [1.165, 1.54) is 18.9 Å². The van der Waals surface area contributed by atoms with Crippen molar-refractivity contribution in [1.29, 1.82) is 0 Å². The Morgan fingerprint density at radius 1 is 1.44 bits per heavy atom. The van der Waals surface area contributed by atoms with Gasteiger partial charge in [-0.15, -0.1) is 0 Å². The molecule has 3 nitrogen and oxygen atoms in total. The molecule has 82 valence electrons. The number of ether oxygens (including phenoxy) is 1. The van der Waals surface area contributed by atoms with Crippen LogP contribution in [-0.2, 0) is 0 Å². The Hall–Kier alpha value is -1.77. The Morgan fingerprint density at radius 3 is 2.94 bits per heavy atom. The molecule has 1 aliphatic heterocycles. The molecule has 0 spiro atoms. The predicted molar refractivity (Wildman–Crippen MR) is 58.5 cm³/mol. The van der Waals surface area contributed by atoms with E-state index in [4.69, 9.17) is 4.74 Å². The van der Waals surface area contributed by atoms with E-state index in [2.05, 4.69) is 0 Å². The van der Waals surface area contributed by atoms with Gasteiger partial charge in [0, 0.05) is 0 Å². The first kappa shape index (κ1) is 9.46. The van der Waals surface area contributed by atoms with Gasteiger partial charge in [-0.2, -0.15) is 0 Å². The van der Waals surface area contributed by atoms with Crippen molar-refractivity contribution in [3.8, 4) is 11.5 Å². The summed E-state index contributed by atoms with van der Waals surface area (Å²) in [5, 5.41) is 9.58. The van der Waals surface area contributed by atoms with Crippen LogP contribution in [-0.4, -0.2) is 10.9 Å². The van der Waals surface area contributed by atoms with Crippen LogP contribution in [0.5, 0.6) is 11.5 Å². The number of Topliss-reactive ketones (excluding diaryl/α,β-unsaturated/α-hetero) is 1. The largest absolute Gasteiger partial charge is 0.507 e. The molecule has 0 amide bonds. The molecule has 0 aromatic heterocycles. The van der Waals surface area contributed by atoms with E-state index in [-0.39, 0.29) is 11.5 Å². The van der Waals surface area contributed by atoms with Crippen molar-refractivity contribution in [2.45, 2.75) is 19.3 Å². The van der Waals surface area contributed by atoms with Crippen LogP contribution in [0.4, 0.5) is 0 Å². The lowest BCUT2D eigenvalue weighted by molar-refractivity contribution is 0.101. The zero-order valence-corrected chi connectivity index (χ0v) is 8.77. The molecule has 1 aliphatic carbocycles. The minimum absolute atomic E-state index is 0.00248. The fraction of sp³-hybridized carbons (Fsp3) is 0.308. The van der Waals surface area contributed by atoms with E-state index in [0.29, 0.717) is 17.1 Å². The number of aromatic hydroxyl groups is 1. The lowest BCUT2D eigenvalue weighted by atomic mass is 10.1. The second-order valence-corrected chi connectivity index (χ2v) is 4.33. The average molecular weight is 216 g/mol. The Labute approximate surface area is 93.4 Å². The molecule has 3 rings (SSSR count). The van der Waals surface area contributed by atoms with E-state index in [1.54, 1.807) is 12.1 Å². The Morgan fingerprint density at radius 2 is 2.25 bits per heavy atom. The fourth-order valence-electron chi connectivity index (χ4n) is 1.88. The minimum atomic E-state index is -0.200. The highest BCUT2D eigenvalue weighted by Crippen LogP contribution is 2.38. The lowest BCUT2D eigenvalue weighted by Crippen LogP contribution is -1.98. The lowest BCUT2D eigenvalue weighted by Gasteiger charge is -1.97. The number of hydrogen-bond acceptors (Lipinski definition) is 3. The van der Waals surface area contributed by atoms with Gasteiger partial charge in [-0.3, -0.25) is 4.79 Å². The Balaban J connectivity index is 1.90. The molecular weight excluding hydrogens is 204 g/mol. The van der Waals surface area contributed by atoms with Gasteiger partial charge in [0.2, 0.25) is 5.78 Å². The van der Waals surface area contributed by atoms with Crippen molar-refractivity contribution in [3.63, 3.8) is 0 Å². The number of ketones is 1. The summed E-state index contributed by atoms with van der Waals surface area (Å²) in [6.45, 7) is 0. The van der Waals surface area contributed by atoms with Gasteiger partial charge in [0.15, 0.2) is 5.76 Å². The van der Waals surface area contributed by atoms with Gasteiger partial charge < -0.3 is 9.84 Å². The van der Waals surface area contributed by atoms with Gasteiger partial charge in [0.25, 0.3) is 0 Å². The monoisotopic (exact) mass is 216 g/mol. The van der Waals surface area contributed by atoms with Gasteiger partial charge in [0.1, 0.15) is 17.1 Å². The van der Waals surface area contributed by atoms with Crippen molar-refractivity contribution >= 4 is 5.78 Å². The van der Waals surface area contributed by atoms with Crippen LogP contribution in [0.25, 0.3) is 0 Å². The van der Waals surface area contributed by atoms with E-state index in [9.17, 15) is 9.90 Å². The molecule has 1 aromatic rings. The fourth-order valence-corrected chi connectivity index (χ4v) is 1.88. The molecule has 2 aliphatic rings. The Kier molecular flexibility index (Phi) is 1.99. The van der Waals surface area contributed by atoms with Crippen LogP contribution in [0, 0.1) is 5.92 Å². The molecule has 0 radical (unpaired) electrons. The van der Waals surface area contributed by atoms with E-state index in [1.807, 2.05) is 6.08 Å². The first-order chi connectivity index (χ1) is 7.75. The van der Waals surface area contributed by atoms with Crippen molar-refractivity contribution in [2.75, 3.05) is 0 Å². The highest BCUT2D eigenvalue weighted by atomic mass is 16.5. The smallest absolute Gasteiger partial charge is 0.235 e. The third-order valence-corrected chi connectivity index (χ3v) is 3.01. The van der Waals surface area contributed by atoms with Gasteiger partial charge in [-0.25, -0.2) is 0 Å². The molecule has 1 heterocycles. The number of allylic oxidation sites excluding steroid dienone is 2. The van der Waals surface area contributed by atoms with Crippen molar-refractivity contribution < 1.29 is 14.6 Å². The molecule has 1 aromatic carbocycles. The second-order valence-electron chi connectivity index (χ2n) is 4.33. The van der Waals surface area contributed by atoms with Crippen LogP contribution in [0.1, 0.15) is 29.6 Å². The number of rotatable bonds is 2. The topological polar surface area (TPSA) is 46.5 Å². The molecular formula is C13H12O3. The number of benzene rings is 1. The van der Waals surface area contributed by atoms with Gasteiger partial charge in [-0.1, -0.05) is 6.07 Å². The summed E-state index contributed by atoms with van der Waals surface area (Å²) < 4.78 is 5.43. The number of phenols is 1. The number of fused-ring (bicyclic) bond motifs is 1. The maximum absolute atomic E-state index is 11.9. The zero-order valence-electron chi connectivity index (χ0n) is 8.77. The number of phenolic OH excluding ortho intramolecular Hbond substituents is 1. The van der Waals surface area contributed by atoms with Crippen molar-refractivity contribution in [2.24, 2.45) is 5.92 Å². The highest BCUT2D eigenvalue weighted by Gasteiger charge is 2.30. The maximum atomic E-state index is 11.9. The Bertz CT molecular complexity index is 484. The molecule has 3 heteroatoms. The van der Waals surface area contributed by atoms with Gasteiger partial charge in [-0.05, 0) is 43.4 Å². The average Bonchev–Trinajstić information content (AvgIpc) is 3.02. The molecule has 16 heavy (non-hydrogen) atoms. The molecule has 1 N–H and O–H groups in total. The second kappa shape index (κ2) is 3.37. The molecule has 1 saturated carbocycles. The zero-order chi connectivity index (χ0) is 11.1. The molecule has 0 atom stereocenters.